The number of rotatable bonds is 5. The number of carbonyl (C=O) groups is 3. The minimum Gasteiger partial charge on any atom is -0.480 e. The number of carboxylic acid groups (broad SMARTS) is 1. The van der Waals surface area contributed by atoms with E-state index in [1.807, 2.05) is 0 Å². The number of hydrazine groups is 1. The highest BCUT2D eigenvalue weighted by molar-refractivity contribution is 9.10. The van der Waals surface area contributed by atoms with Crippen molar-refractivity contribution in [2.75, 3.05) is 11.6 Å². The fraction of sp³-hybridized carbons (Fsp3) is 0.647. The average molecular weight is 475 g/mol. The molecule has 1 aromatic rings. The number of hydrogen-bond acceptors (Lipinski definition) is 7. The average Bonchev–Trinajstić information content (AvgIpc) is 2.97. The van der Waals surface area contributed by atoms with Crippen molar-refractivity contribution < 1.29 is 24.2 Å². The van der Waals surface area contributed by atoms with Crippen LogP contribution in [0, 0.1) is 5.92 Å². The van der Waals surface area contributed by atoms with Crippen molar-refractivity contribution in [3.05, 3.63) is 9.98 Å². The number of nitrogens with one attached hydrogen (secondary N) is 1. The van der Waals surface area contributed by atoms with Gasteiger partial charge in [0, 0.05) is 18.3 Å². The first-order valence-corrected chi connectivity index (χ1v) is 10.7. The van der Waals surface area contributed by atoms with Crippen molar-refractivity contribution in [3.8, 4) is 0 Å². The first kappa shape index (κ1) is 20.8. The number of aliphatic carboxylic acids is 1. The van der Waals surface area contributed by atoms with Crippen LogP contribution in [0.15, 0.2) is 9.98 Å². The van der Waals surface area contributed by atoms with E-state index in [1.165, 1.54) is 21.4 Å². The van der Waals surface area contributed by atoms with Gasteiger partial charge in [0.05, 0.1) is 6.04 Å². The number of hydrogen-bond donors (Lipinski definition) is 2. The number of anilines is 1. The van der Waals surface area contributed by atoms with E-state index in [4.69, 9.17) is 4.74 Å². The summed E-state index contributed by atoms with van der Waals surface area (Å²) in [6, 6.07) is -0.872. The molecule has 3 heterocycles. The molecule has 0 radical (unpaired) electrons. The standard InChI is InChI=1S/C17H23BrN4O5S/c1-17(2,3)27-16(26)19-5-4-12(23)21-10-6-9(7-10)13(14(24)25)22(21)15-20-11(18)8-28-15/h8-10,13H,4-7H2,1-3H3,(H,19,26)(H,24,25)/t9?,10?,13-/m0/s1. The SMILES string of the molecule is CC(C)(C)OC(=O)NCCC(=O)N1C2CC(C2)[C@@H](C(=O)O)N1c1nc(Br)cs1. The van der Waals surface area contributed by atoms with E-state index in [1.54, 1.807) is 26.2 Å². The van der Waals surface area contributed by atoms with E-state index >= 15 is 0 Å². The van der Waals surface area contributed by atoms with Crippen LogP contribution in [-0.2, 0) is 14.3 Å². The van der Waals surface area contributed by atoms with Gasteiger partial charge in [0.25, 0.3) is 0 Å². The molecule has 3 fully saturated rings. The van der Waals surface area contributed by atoms with Gasteiger partial charge in [-0.05, 0) is 55.5 Å². The number of aromatic nitrogens is 1. The summed E-state index contributed by atoms with van der Waals surface area (Å²) >= 11 is 4.56. The monoisotopic (exact) mass is 474 g/mol. The molecule has 1 aliphatic carbocycles. The van der Waals surface area contributed by atoms with Gasteiger partial charge in [-0.15, -0.1) is 11.3 Å². The fourth-order valence-corrected chi connectivity index (χ4v) is 4.77. The molecule has 154 valence electrons. The first-order valence-electron chi connectivity index (χ1n) is 8.98. The highest BCUT2D eigenvalue weighted by Crippen LogP contribution is 2.46. The Balaban J connectivity index is 1.70. The summed E-state index contributed by atoms with van der Waals surface area (Å²) in [5, 5.41) is 17.5. The maximum Gasteiger partial charge on any atom is 0.407 e. The van der Waals surface area contributed by atoms with Crippen LogP contribution in [0.3, 0.4) is 0 Å². The topological polar surface area (TPSA) is 112 Å². The van der Waals surface area contributed by atoms with Gasteiger partial charge in [-0.2, -0.15) is 0 Å². The lowest BCUT2D eigenvalue weighted by atomic mass is 9.72. The maximum absolute atomic E-state index is 12.9. The zero-order valence-electron chi connectivity index (χ0n) is 15.8. The van der Waals surface area contributed by atoms with Gasteiger partial charge in [-0.3, -0.25) is 4.79 Å². The Morgan fingerprint density at radius 1 is 1.39 bits per heavy atom. The summed E-state index contributed by atoms with van der Waals surface area (Å²) in [4.78, 5) is 40.9. The normalized spacial score (nSPS) is 23.8. The molecular formula is C17H23BrN4O5S. The molecule has 1 atom stereocenters. The third kappa shape index (κ3) is 4.40. The molecule has 0 unspecified atom stereocenters. The first-order chi connectivity index (χ1) is 13.1. The molecule has 2 N–H and O–H groups in total. The predicted molar refractivity (Wildman–Crippen MR) is 106 cm³/mol. The van der Waals surface area contributed by atoms with E-state index < -0.39 is 23.7 Å². The molecule has 2 amide bonds. The summed E-state index contributed by atoms with van der Waals surface area (Å²) in [5.74, 6) is -1.23. The van der Waals surface area contributed by atoms with Crippen molar-refractivity contribution >= 4 is 50.4 Å². The molecule has 2 bridgehead atoms. The van der Waals surface area contributed by atoms with E-state index in [0.717, 1.165) is 0 Å². The summed E-state index contributed by atoms with van der Waals surface area (Å²) < 4.78 is 5.75. The van der Waals surface area contributed by atoms with Gasteiger partial charge < -0.3 is 15.2 Å². The number of carbonyl (C=O) groups excluding carboxylic acids is 2. The van der Waals surface area contributed by atoms with Gasteiger partial charge in [-0.1, -0.05) is 0 Å². The third-order valence-corrected chi connectivity index (χ3v) is 6.15. The number of amides is 2. The number of thiazole rings is 1. The molecule has 2 saturated heterocycles. The molecule has 3 aliphatic rings. The van der Waals surface area contributed by atoms with Crippen molar-refractivity contribution in [2.24, 2.45) is 5.92 Å². The van der Waals surface area contributed by atoms with Crippen LogP contribution in [0.25, 0.3) is 0 Å². The molecule has 4 rings (SSSR count). The van der Waals surface area contributed by atoms with Crippen molar-refractivity contribution in [2.45, 2.75) is 57.7 Å². The number of halogens is 1. The molecule has 1 saturated carbocycles. The lowest BCUT2D eigenvalue weighted by molar-refractivity contribution is -0.155. The Bertz CT molecular complexity index is 774. The molecule has 28 heavy (non-hydrogen) atoms. The van der Waals surface area contributed by atoms with Gasteiger partial charge in [0.2, 0.25) is 11.0 Å². The highest BCUT2D eigenvalue weighted by Gasteiger charge is 2.55. The summed E-state index contributed by atoms with van der Waals surface area (Å²) in [5.41, 5.74) is -0.619. The summed E-state index contributed by atoms with van der Waals surface area (Å²) in [6.07, 6.45) is 0.763. The van der Waals surface area contributed by atoms with Gasteiger partial charge in [0.15, 0.2) is 6.04 Å². The Morgan fingerprint density at radius 3 is 2.61 bits per heavy atom. The van der Waals surface area contributed by atoms with Crippen molar-refractivity contribution in [1.29, 1.82) is 0 Å². The second kappa shape index (κ2) is 7.86. The largest absolute Gasteiger partial charge is 0.480 e. The highest BCUT2D eigenvalue weighted by atomic mass is 79.9. The number of ether oxygens (including phenoxy) is 1. The van der Waals surface area contributed by atoms with E-state index in [-0.39, 0.29) is 30.8 Å². The fourth-order valence-electron chi connectivity index (χ4n) is 3.49. The Labute approximate surface area is 175 Å². The maximum atomic E-state index is 12.9. The molecule has 1 aromatic heterocycles. The second-order valence-corrected chi connectivity index (χ2v) is 9.53. The molecule has 0 aromatic carbocycles. The summed E-state index contributed by atoms with van der Waals surface area (Å²) in [7, 11) is 0. The lowest BCUT2D eigenvalue weighted by Crippen LogP contribution is -2.71. The Hall–Kier alpha value is -1.88. The smallest absolute Gasteiger partial charge is 0.407 e. The summed E-state index contributed by atoms with van der Waals surface area (Å²) in [6.45, 7) is 5.38. The number of nitrogens with zero attached hydrogens (tertiary/aromatic N) is 3. The molecule has 9 nitrogen and oxygen atoms in total. The Morgan fingerprint density at radius 2 is 2.07 bits per heavy atom. The van der Waals surface area contributed by atoms with Gasteiger partial charge in [-0.25, -0.2) is 24.6 Å². The molecule has 0 spiro atoms. The van der Waals surface area contributed by atoms with Gasteiger partial charge >= 0.3 is 12.1 Å². The third-order valence-electron chi connectivity index (χ3n) is 4.61. The lowest BCUT2D eigenvalue weighted by Gasteiger charge is -2.57. The van der Waals surface area contributed by atoms with Crippen LogP contribution in [0.4, 0.5) is 9.93 Å². The van der Waals surface area contributed by atoms with Crippen LogP contribution in [-0.4, -0.2) is 57.3 Å². The van der Waals surface area contributed by atoms with E-state index in [9.17, 15) is 19.5 Å². The minimum absolute atomic E-state index is 0.00545. The Kier molecular flexibility index (Phi) is 5.85. The predicted octanol–water partition coefficient (Wildman–Crippen LogP) is 2.62. The number of alkyl carbamates (subject to hydrolysis) is 1. The zero-order valence-corrected chi connectivity index (χ0v) is 18.2. The molecule has 2 aliphatic heterocycles. The van der Waals surface area contributed by atoms with Gasteiger partial charge in [0.1, 0.15) is 10.2 Å². The van der Waals surface area contributed by atoms with Crippen LogP contribution >= 0.6 is 27.3 Å². The quantitative estimate of drug-likeness (QED) is 0.674. The van der Waals surface area contributed by atoms with E-state index in [0.29, 0.717) is 22.6 Å². The molecule has 11 heteroatoms. The zero-order chi connectivity index (χ0) is 20.6. The van der Waals surface area contributed by atoms with Crippen LogP contribution < -0.4 is 10.3 Å². The van der Waals surface area contributed by atoms with Crippen LogP contribution in [0.2, 0.25) is 0 Å². The van der Waals surface area contributed by atoms with Crippen molar-refractivity contribution in [3.63, 3.8) is 0 Å². The van der Waals surface area contributed by atoms with Crippen LogP contribution in [0.1, 0.15) is 40.0 Å². The second-order valence-electron chi connectivity index (χ2n) is 7.88. The number of fused-ring (bicyclic) bond motifs is 2. The number of carboxylic acids is 1. The van der Waals surface area contributed by atoms with E-state index in [2.05, 4.69) is 26.2 Å². The molecular weight excluding hydrogens is 452 g/mol. The minimum atomic E-state index is -0.973. The van der Waals surface area contributed by atoms with Crippen LogP contribution in [0.5, 0.6) is 0 Å². The van der Waals surface area contributed by atoms with Crippen molar-refractivity contribution in [1.82, 2.24) is 15.3 Å².